The first-order valence-corrected chi connectivity index (χ1v) is 21.4. The number of urea groups is 1. The Morgan fingerprint density at radius 1 is 0.862 bits per heavy atom. The van der Waals surface area contributed by atoms with Gasteiger partial charge in [-0.25, -0.2) is 18.9 Å². The Hall–Kier alpha value is -6.86. The van der Waals surface area contributed by atoms with Crippen LogP contribution in [0.1, 0.15) is 102 Å². The molecular weight excluding hydrogens is 859 g/mol. The predicted molar refractivity (Wildman–Crippen MR) is 223 cm³/mol. The molecule has 344 valence electrons. The van der Waals surface area contributed by atoms with Gasteiger partial charge < -0.3 is 25.6 Å². The highest BCUT2D eigenvalue weighted by Gasteiger charge is 2.59. The number of benzene rings is 3. The van der Waals surface area contributed by atoms with Crippen molar-refractivity contribution in [2.75, 3.05) is 30.3 Å². The quantitative estimate of drug-likeness (QED) is 0.0718. The van der Waals surface area contributed by atoms with E-state index in [-0.39, 0.29) is 42.4 Å². The van der Waals surface area contributed by atoms with E-state index in [1.54, 1.807) is 24.3 Å². The van der Waals surface area contributed by atoms with E-state index in [0.29, 0.717) is 45.4 Å². The number of amides is 9. The predicted octanol–water partition coefficient (Wildman–Crippen LogP) is 5.90. The molecule has 20 heteroatoms. The fourth-order valence-corrected chi connectivity index (χ4v) is 8.51. The summed E-state index contributed by atoms with van der Waals surface area (Å²) in [5.74, 6) is -4.87. The number of ether oxygens (including phenoxy) is 1. The maximum absolute atomic E-state index is 13.8. The summed E-state index contributed by atoms with van der Waals surface area (Å²) in [5, 5.41) is 11.0. The zero-order chi connectivity index (χ0) is 46.6. The summed E-state index contributed by atoms with van der Waals surface area (Å²) in [7, 11) is 0. The van der Waals surface area contributed by atoms with E-state index >= 15 is 0 Å². The lowest BCUT2D eigenvalue weighted by Gasteiger charge is -2.31. The number of hydrogen-bond donors (Lipinski definition) is 4. The van der Waals surface area contributed by atoms with Gasteiger partial charge in [-0.15, -0.1) is 0 Å². The zero-order valence-corrected chi connectivity index (χ0v) is 35.4. The Bertz CT molecular complexity index is 2410. The molecule has 2 fully saturated rings. The highest BCUT2D eigenvalue weighted by Crippen LogP contribution is 2.46. The number of imide groups is 3. The average Bonchev–Trinajstić information content (AvgIpc) is 3.83. The van der Waals surface area contributed by atoms with Crippen LogP contribution in [0.4, 0.5) is 38.5 Å². The summed E-state index contributed by atoms with van der Waals surface area (Å²) in [6, 6.07) is 10.4. The Morgan fingerprint density at radius 3 is 2.25 bits per heavy atom. The van der Waals surface area contributed by atoms with Gasteiger partial charge in [0.2, 0.25) is 23.3 Å². The minimum Gasteiger partial charge on any atom is -0.427 e. The first kappa shape index (κ1) is 46.1. The van der Waals surface area contributed by atoms with Crippen LogP contribution in [0.5, 0.6) is 0 Å². The molecule has 3 aliphatic heterocycles. The molecule has 3 aromatic rings. The monoisotopic (exact) mass is 905 g/mol. The molecule has 0 radical (unpaired) electrons. The molecule has 7 rings (SSSR count). The normalized spacial score (nSPS) is 19.6. The lowest BCUT2D eigenvalue weighted by molar-refractivity contribution is -0.187. The zero-order valence-electron chi connectivity index (χ0n) is 35.4. The molecule has 3 aromatic carbocycles. The van der Waals surface area contributed by atoms with Gasteiger partial charge >= 0.3 is 18.3 Å². The number of rotatable bonds is 17. The van der Waals surface area contributed by atoms with Gasteiger partial charge in [-0.1, -0.05) is 43.9 Å². The third kappa shape index (κ3) is 9.95. The fraction of sp³-hybridized carbons (Fsp3) is 0.422. The molecule has 1 spiro atoms. The van der Waals surface area contributed by atoms with Crippen molar-refractivity contribution in [1.82, 2.24) is 25.3 Å². The number of nitrogens with zero attached hydrogens (tertiary/aromatic N) is 3. The highest BCUT2D eigenvalue weighted by atomic mass is 19.4. The molecule has 1 unspecified atom stereocenters. The van der Waals surface area contributed by atoms with E-state index < -0.39 is 90.3 Å². The number of piperidine rings is 1. The summed E-state index contributed by atoms with van der Waals surface area (Å²) in [6.45, 7) is 0.281. The van der Waals surface area contributed by atoms with Gasteiger partial charge in [-0.2, -0.15) is 13.2 Å². The molecule has 0 saturated carbocycles. The van der Waals surface area contributed by atoms with Crippen LogP contribution in [0.25, 0.3) is 0 Å². The standard InChI is InChI=1S/C45H47F4N7O9/c1-26(45(47,48)49)54(24-27-8-10-29(46)11-9-27)37(58)25-55-41(62)44(65-43(55)64)19-18-28-22-31(13-15-34(28)44)52-42(63)51-21-7-5-3-2-4-6-20-50-30-12-14-32-33(23-30)40(61)56(39(32)60)35-16-17-36(57)53-38(35)59/h8-15,22-23,26,35,50H,2-7,16-21,24-25H2,1H3,(H2,51,52,63)(H,53,57,59)/t26-,35?,44+/m0/s1. The molecule has 2 saturated heterocycles. The van der Waals surface area contributed by atoms with Crippen molar-refractivity contribution in [3.05, 3.63) is 94.3 Å². The minimum atomic E-state index is -4.83. The van der Waals surface area contributed by atoms with Crippen molar-refractivity contribution in [2.24, 2.45) is 0 Å². The summed E-state index contributed by atoms with van der Waals surface area (Å²) in [6.07, 6.45) is -0.267. The molecule has 9 amide bonds. The van der Waals surface area contributed by atoms with Gasteiger partial charge in [0.25, 0.3) is 17.7 Å². The molecule has 3 atom stereocenters. The number of fused-ring (bicyclic) bond motifs is 3. The van der Waals surface area contributed by atoms with Crippen molar-refractivity contribution >= 4 is 58.9 Å². The number of nitrogens with one attached hydrogen (secondary N) is 4. The fourth-order valence-electron chi connectivity index (χ4n) is 8.51. The van der Waals surface area contributed by atoms with Crippen LogP contribution in [0.15, 0.2) is 60.7 Å². The smallest absolute Gasteiger partial charge is 0.418 e. The second-order valence-corrected chi connectivity index (χ2v) is 16.5. The van der Waals surface area contributed by atoms with Crippen LogP contribution in [0, 0.1) is 5.82 Å². The maximum Gasteiger partial charge on any atom is 0.418 e. The summed E-state index contributed by atoms with van der Waals surface area (Å²) < 4.78 is 60.4. The van der Waals surface area contributed by atoms with Crippen molar-refractivity contribution in [3.63, 3.8) is 0 Å². The van der Waals surface area contributed by atoms with Crippen LogP contribution < -0.4 is 21.3 Å². The number of alkyl halides is 3. The molecule has 4 N–H and O–H groups in total. The Balaban J connectivity index is 0.806. The molecule has 4 aliphatic rings. The summed E-state index contributed by atoms with van der Waals surface area (Å²) in [4.78, 5) is 104. The first-order valence-electron chi connectivity index (χ1n) is 21.4. The van der Waals surface area contributed by atoms with Crippen LogP contribution in [-0.4, -0.2) is 100 Å². The van der Waals surface area contributed by atoms with Gasteiger partial charge in [-0.3, -0.25) is 39.0 Å². The van der Waals surface area contributed by atoms with Crippen molar-refractivity contribution in [1.29, 1.82) is 0 Å². The van der Waals surface area contributed by atoms with Gasteiger partial charge in [0, 0.05) is 49.4 Å². The molecular formula is C45H47F4N7O9. The van der Waals surface area contributed by atoms with Crippen LogP contribution in [0.2, 0.25) is 0 Å². The Kier molecular flexibility index (Phi) is 13.5. The van der Waals surface area contributed by atoms with Crippen LogP contribution in [0.3, 0.4) is 0 Å². The average molecular weight is 906 g/mol. The van der Waals surface area contributed by atoms with E-state index in [0.717, 1.165) is 62.5 Å². The molecule has 0 bridgehead atoms. The first-order chi connectivity index (χ1) is 31.0. The molecule has 65 heavy (non-hydrogen) atoms. The van der Waals surface area contributed by atoms with Gasteiger partial charge in [0.15, 0.2) is 0 Å². The van der Waals surface area contributed by atoms with Crippen molar-refractivity contribution in [3.8, 4) is 0 Å². The Morgan fingerprint density at radius 2 is 1.54 bits per heavy atom. The molecule has 3 heterocycles. The number of aryl methyl sites for hydroxylation is 1. The van der Waals surface area contributed by atoms with Crippen molar-refractivity contribution < 1.29 is 60.7 Å². The van der Waals surface area contributed by atoms with Crippen LogP contribution in [-0.2, 0) is 42.5 Å². The second-order valence-electron chi connectivity index (χ2n) is 16.5. The summed E-state index contributed by atoms with van der Waals surface area (Å²) in [5.41, 5.74) is 0.900. The maximum atomic E-state index is 13.8. The Labute approximate surface area is 370 Å². The van der Waals surface area contributed by atoms with E-state index in [2.05, 4.69) is 21.3 Å². The molecule has 0 aromatic heterocycles. The number of hydrogen-bond acceptors (Lipinski definition) is 10. The molecule has 16 nitrogen and oxygen atoms in total. The topological polar surface area (TPSA) is 204 Å². The van der Waals surface area contributed by atoms with Gasteiger partial charge in [-0.05, 0) is 86.2 Å². The number of carbonyl (C=O) groups is 8. The lowest BCUT2D eigenvalue weighted by Crippen LogP contribution is -2.54. The van der Waals surface area contributed by atoms with E-state index in [1.165, 1.54) is 24.3 Å². The third-order valence-electron chi connectivity index (χ3n) is 12.1. The number of halogens is 4. The largest absolute Gasteiger partial charge is 0.427 e. The van der Waals surface area contributed by atoms with E-state index in [4.69, 9.17) is 4.74 Å². The van der Waals surface area contributed by atoms with E-state index in [1.807, 2.05) is 0 Å². The number of unbranched alkanes of at least 4 members (excludes halogenated alkanes) is 5. The minimum absolute atomic E-state index is 0.0244. The van der Waals surface area contributed by atoms with Crippen LogP contribution >= 0.6 is 0 Å². The third-order valence-corrected chi connectivity index (χ3v) is 12.1. The van der Waals surface area contributed by atoms with Gasteiger partial charge in [0.05, 0.1) is 11.1 Å². The number of carbonyl (C=O) groups excluding carboxylic acids is 8. The highest BCUT2D eigenvalue weighted by molar-refractivity contribution is 6.23. The second kappa shape index (κ2) is 19.1. The molecule has 1 aliphatic carbocycles. The SMILES string of the molecule is C[C@H](N(Cc1ccc(F)cc1)C(=O)CN1C(=O)O[C@@]2(CCc3cc(NC(=O)NCCCCCCCCNc4ccc5c(c4)C(=O)N(C4CCC(=O)NC4=O)C5=O)ccc32)C1=O)C(F)(F)F. The summed E-state index contributed by atoms with van der Waals surface area (Å²) >= 11 is 0. The lowest BCUT2D eigenvalue weighted by atomic mass is 9.94. The van der Waals surface area contributed by atoms with Crippen molar-refractivity contribution in [2.45, 2.75) is 102 Å². The van der Waals surface area contributed by atoms with Gasteiger partial charge in [0.1, 0.15) is 24.4 Å². The number of anilines is 2. The van der Waals surface area contributed by atoms with E-state index in [9.17, 15) is 55.9 Å².